The van der Waals surface area contributed by atoms with E-state index >= 15 is 0 Å². The van der Waals surface area contributed by atoms with Crippen LogP contribution in [0.3, 0.4) is 0 Å². The number of carboxylic acids is 1. The first-order chi connectivity index (χ1) is 25.8. The molecule has 0 saturated carbocycles. The summed E-state index contributed by atoms with van der Waals surface area (Å²) in [5.41, 5.74) is 0.391. The Morgan fingerprint density at radius 1 is 0.782 bits per heavy atom. The molecule has 0 radical (unpaired) electrons. The second kappa shape index (κ2) is 14.4. The normalized spacial score (nSPS) is 13.9. The topological polar surface area (TPSA) is 311 Å². The van der Waals surface area contributed by atoms with Crippen molar-refractivity contribution in [2.75, 3.05) is 16.1 Å². The van der Waals surface area contributed by atoms with Gasteiger partial charge in [0.15, 0.2) is 5.71 Å². The SMILES string of the molecule is Cc1ccccc1Nc1nc(Nc2cc(S(=O)(=O)O)cc3c2C(=O)/C(=N/Nc2ccccc2S(=O)(=O)O)C(S(=O)(=O)O)=C3)nc(-[n+]2cccc(C(=O)[O-])c2)n1. The van der Waals surface area contributed by atoms with Crippen molar-refractivity contribution >= 4 is 82.9 Å². The molecule has 2 heterocycles. The van der Waals surface area contributed by atoms with Gasteiger partial charge in [0.2, 0.25) is 5.78 Å². The van der Waals surface area contributed by atoms with Gasteiger partial charge in [-0.2, -0.15) is 30.4 Å². The van der Waals surface area contributed by atoms with Gasteiger partial charge in [-0.1, -0.05) is 30.3 Å². The summed E-state index contributed by atoms with van der Waals surface area (Å²) in [6.45, 7) is 1.78. The molecule has 23 heteroatoms. The third-order valence-electron chi connectivity index (χ3n) is 7.66. The van der Waals surface area contributed by atoms with Crippen LogP contribution in [0.1, 0.15) is 31.8 Å². The monoisotopic (exact) mass is 808 g/mol. The maximum absolute atomic E-state index is 14.1. The molecular weight excluding hydrogens is 785 g/mol. The minimum absolute atomic E-state index is 0.142. The van der Waals surface area contributed by atoms with Gasteiger partial charge in [-0.15, -0.1) is 4.98 Å². The van der Waals surface area contributed by atoms with E-state index in [0.717, 1.165) is 36.0 Å². The number of benzene rings is 3. The molecule has 0 saturated heterocycles. The van der Waals surface area contributed by atoms with Crippen LogP contribution in [0.25, 0.3) is 12.0 Å². The molecule has 3 aromatic carbocycles. The fourth-order valence-electron chi connectivity index (χ4n) is 5.16. The van der Waals surface area contributed by atoms with Crippen molar-refractivity contribution in [2.24, 2.45) is 5.10 Å². The number of rotatable bonds is 11. The molecule has 0 atom stereocenters. The lowest BCUT2D eigenvalue weighted by atomic mass is 9.93. The molecular formula is C32H24N8O12S3. The van der Waals surface area contributed by atoms with Gasteiger partial charge in [0, 0.05) is 11.3 Å². The number of anilines is 5. The molecule has 1 aliphatic rings. The molecule has 1 aliphatic carbocycles. The summed E-state index contributed by atoms with van der Waals surface area (Å²) in [7, 11) is -15.2. The van der Waals surface area contributed by atoms with Gasteiger partial charge in [-0.25, -0.2) is 4.57 Å². The Morgan fingerprint density at radius 3 is 2.04 bits per heavy atom. The van der Waals surface area contributed by atoms with E-state index in [1.165, 1.54) is 35.0 Å². The number of para-hydroxylation sites is 2. The third-order valence-corrected chi connectivity index (χ3v) is 10.3. The number of pyridine rings is 1. The summed E-state index contributed by atoms with van der Waals surface area (Å²) in [4.78, 5) is 36.0. The number of hydrogen-bond acceptors (Lipinski definition) is 16. The van der Waals surface area contributed by atoms with Crippen LogP contribution in [-0.4, -0.2) is 71.3 Å². The molecule has 6 rings (SSSR count). The highest BCUT2D eigenvalue weighted by Crippen LogP contribution is 2.35. The standard InChI is InChI=1S/C32H24N8O12S3/c1-17-7-2-3-9-21(17)33-30-35-31(37-32(36-30)40-12-6-8-18(16-40)29(42)43)34-23-15-20(53(44,45)46)13-19-14-25(55(50,51)52)27(28(41)26(19)23)39-38-22-10-4-5-11-24(22)54(47,48)49/h2-16H,1H3,(H6-,33,34,35,36,37,38,41,42,43,44,45,46,47,48,49,50,51,52). The van der Waals surface area contributed by atoms with Crippen molar-refractivity contribution in [3.8, 4) is 5.95 Å². The van der Waals surface area contributed by atoms with E-state index < -0.39 is 91.0 Å². The molecule has 55 heavy (non-hydrogen) atoms. The summed E-state index contributed by atoms with van der Waals surface area (Å²) >= 11 is 0. The van der Waals surface area contributed by atoms with Gasteiger partial charge >= 0.3 is 17.8 Å². The van der Waals surface area contributed by atoms with Crippen molar-refractivity contribution < 1.29 is 58.2 Å². The first kappa shape index (κ1) is 38.2. The number of carbonyl (C=O) groups is 2. The summed E-state index contributed by atoms with van der Waals surface area (Å²) in [5.74, 6) is -3.55. The number of fused-ring (bicyclic) bond motifs is 1. The average molecular weight is 809 g/mol. The zero-order chi connectivity index (χ0) is 39.9. The lowest BCUT2D eigenvalue weighted by molar-refractivity contribution is -0.603. The number of carbonyl (C=O) groups excluding carboxylic acids is 2. The van der Waals surface area contributed by atoms with Gasteiger partial charge in [-0.3, -0.25) is 23.9 Å². The van der Waals surface area contributed by atoms with Crippen molar-refractivity contribution in [3.05, 3.63) is 112 Å². The van der Waals surface area contributed by atoms with E-state index in [1.54, 1.807) is 31.2 Å². The van der Waals surface area contributed by atoms with E-state index in [2.05, 4.69) is 36.1 Å². The molecule has 0 unspecified atom stereocenters. The number of Topliss-reactive ketones (excluding diaryl/α,β-unsaturated/α-hetero) is 1. The number of nitrogens with zero attached hydrogens (tertiary/aromatic N) is 5. The van der Waals surface area contributed by atoms with Gasteiger partial charge < -0.3 is 20.5 Å². The Labute approximate surface area is 311 Å². The predicted octanol–water partition coefficient (Wildman–Crippen LogP) is 1.69. The maximum Gasteiger partial charge on any atom is 0.444 e. The predicted molar refractivity (Wildman–Crippen MR) is 191 cm³/mol. The number of aryl methyl sites for hydroxylation is 1. The lowest BCUT2D eigenvalue weighted by Gasteiger charge is -2.20. The second-order valence-corrected chi connectivity index (χ2v) is 15.6. The molecule has 0 aliphatic heterocycles. The van der Waals surface area contributed by atoms with Crippen molar-refractivity contribution in [1.82, 2.24) is 15.0 Å². The fourth-order valence-corrected chi connectivity index (χ4v) is 7.00. The molecule has 0 spiro atoms. The van der Waals surface area contributed by atoms with Crippen LogP contribution >= 0.6 is 0 Å². The Kier molecular flexibility index (Phi) is 10.00. The number of allylic oxidation sites excluding steroid dienone is 1. The minimum Gasteiger partial charge on any atom is -0.545 e. The first-order valence-corrected chi connectivity index (χ1v) is 19.5. The molecule has 5 aromatic rings. The zero-order valence-corrected chi connectivity index (χ0v) is 30.1. The van der Waals surface area contributed by atoms with Crippen LogP contribution in [0.15, 0.2) is 105 Å². The molecule has 0 amide bonds. The van der Waals surface area contributed by atoms with E-state index in [1.807, 2.05) is 0 Å². The van der Waals surface area contributed by atoms with Gasteiger partial charge in [0.25, 0.3) is 30.4 Å². The number of aromatic nitrogens is 4. The van der Waals surface area contributed by atoms with E-state index in [0.29, 0.717) is 11.8 Å². The molecule has 282 valence electrons. The highest BCUT2D eigenvalue weighted by molar-refractivity contribution is 7.91. The number of carboxylic acid groups (broad SMARTS) is 1. The number of ketones is 1. The number of aromatic carboxylic acids is 1. The average Bonchev–Trinajstić information content (AvgIpc) is 3.11. The Morgan fingerprint density at radius 2 is 1.42 bits per heavy atom. The summed E-state index contributed by atoms with van der Waals surface area (Å²) in [6, 6.07) is 15.8. The van der Waals surface area contributed by atoms with Crippen LogP contribution in [0.5, 0.6) is 0 Å². The number of nitrogens with one attached hydrogen (secondary N) is 3. The number of hydrazone groups is 1. The molecule has 2 aromatic heterocycles. The maximum atomic E-state index is 14.1. The fraction of sp³-hybridized carbons (Fsp3) is 0.0312. The van der Waals surface area contributed by atoms with E-state index in [9.17, 15) is 53.6 Å². The van der Waals surface area contributed by atoms with Crippen LogP contribution in [0, 0.1) is 6.92 Å². The second-order valence-electron chi connectivity index (χ2n) is 11.4. The smallest absolute Gasteiger partial charge is 0.444 e. The van der Waals surface area contributed by atoms with Crippen molar-refractivity contribution in [1.29, 1.82) is 0 Å². The van der Waals surface area contributed by atoms with E-state index in [-0.39, 0.29) is 17.5 Å². The summed E-state index contributed by atoms with van der Waals surface area (Å²) < 4.78 is 105. The molecule has 0 fully saturated rings. The highest BCUT2D eigenvalue weighted by Gasteiger charge is 2.36. The van der Waals surface area contributed by atoms with Crippen LogP contribution in [-0.2, 0) is 30.4 Å². The van der Waals surface area contributed by atoms with Gasteiger partial charge in [0.1, 0.15) is 9.80 Å². The first-order valence-electron chi connectivity index (χ1n) is 15.2. The highest BCUT2D eigenvalue weighted by atomic mass is 32.2. The molecule has 0 bridgehead atoms. The Balaban J connectivity index is 1.54. The summed E-state index contributed by atoms with van der Waals surface area (Å²) in [6.07, 6.45) is 3.20. The Hall–Kier alpha value is -6.50. The quantitative estimate of drug-likeness (QED) is 0.0628. The van der Waals surface area contributed by atoms with E-state index in [4.69, 9.17) is 0 Å². The summed E-state index contributed by atoms with van der Waals surface area (Å²) in [5, 5.41) is 21.0. The zero-order valence-electron chi connectivity index (χ0n) is 27.6. The Bertz CT molecular complexity index is 2850. The van der Waals surface area contributed by atoms with Crippen LogP contribution in [0.4, 0.5) is 29.0 Å². The third kappa shape index (κ3) is 8.35. The van der Waals surface area contributed by atoms with Gasteiger partial charge in [0.05, 0.1) is 40.2 Å². The van der Waals surface area contributed by atoms with Gasteiger partial charge in [-0.05, 0) is 76.6 Å². The largest absolute Gasteiger partial charge is 0.545 e. The molecule has 20 nitrogen and oxygen atoms in total. The van der Waals surface area contributed by atoms with Crippen LogP contribution in [0.2, 0.25) is 0 Å². The lowest BCUT2D eigenvalue weighted by Crippen LogP contribution is -2.36. The number of hydrogen-bond donors (Lipinski definition) is 6. The van der Waals surface area contributed by atoms with Crippen molar-refractivity contribution in [3.63, 3.8) is 0 Å². The molecule has 6 N–H and O–H groups in total. The minimum atomic E-state index is -5.32. The van der Waals surface area contributed by atoms with Crippen molar-refractivity contribution in [2.45, 2.75) is 16.7 Å². The van der Waals surface area contributed by atoms with Crippen LogP contribution < -0.4 is 25.7 Å².